The summed E-state index contributed by atoms with van der Waals surface area (Å²) in [7, 11) is 0.0854. The number of aryl methyl sites for hydroxylation is 1. The number of nitrogens with one attached hydrogen (secondary N) is 1. The van der Waals surface area contributed by atoms with Crippen molar-refractivity contribution in [2.24, 2.45) is 17.8 Å². The van der Waals surface area contributed by atoms with Crippen molar-refractivity contribution in [2.45, 2.75) is 76.4 Å². The van der Waals surface area contributed by atoms with Gasteiger partial charge in [-0.1, -0.05) is 57.2 Å². The summed E-state index contributed by atoms with van der Waals surface area (Å²) in [5.41, 5.74) is 4.05. The van der Waals surface area contributed by atoms with Crippen molar-refractivity contribution >= 4 is 34.2 Å². The minimum Gasteiger partial charge on any atom is -0.491 e. The second-order valence-electron chi connectivity index (χ2n) is 12.3. The van der Waals surface area contributed by atoms with Crippen LogP contribution >= 0.6 is 11.6 Å². The van der Waals surface area contributed by atoms with E-state index >= 15 is 0 Å². The molecule has 8 heteroatoms. The first kappa shape index (κ1) is 30.4. The highest BCUT2D eigenvalue weighted by Crippen LogP contribution is 2.43. The zero-order valence-corrected chi connectivity index (χ0v) is 26.3. The van der Waals surface area contributed by atoms with Gasteiger partial charge in [0.1, 0.15) is 16.7 Å². The lowest BCUT2D eigenvalue weighted by atomic mass is 9.70. The Morgan fingerprint density at radius 3 is 2.63 bits per heavy atom. The highest BCUT2D eigenvalue weighted by Gasteiger charge is 2.35. The van der Waals surface area contributed by atoms with Crippen LogP contribution in [0.5, 0.6) is 5.75 Å². The van der Waals surface area contributed by atoms with Gasteiger partial charge in [0, 0.05) is 36.7 Å². The first-order valence-electron chi connectivity index (χ1n) is 15.4. The Morgan fingerprint density at radius 1 is 1.07 bits per heavy atom. The molecule has 2 aromatic carbocycles. The van der Waals surface area contributed by atoms with E-state index in [1.807, 2.05) is 18.2 Å². The van der Waals surface area contributed by atoms with Crippen molar-refractivity contribution in [2.75, 3.05) is 38.3 Å². The number of hydrogen-bond donors (Lipinski definition) is 1. The normalized spacial score (nSPS) is 29.0. The van der Waals surface area contributed by atoms with Gasteiger partial charge in [0.05, 0.1) is 24.2 Å². The number of amides is 1. The summed E-state index contributed by atoms with van der Waals surface area (Å²) in [6, 6.07) is 11.9. The van der Waals surface area contributed by atoms with E-state index in [1.165, 1.54) is 36.8 Å². The third-order valence-electron chi connectivity index (χ3n) is 9.45. The molecule has 2 bridgehead atoms. The van der Waals surface area contributed by atoms with Crippen LogP contribution in [0.3, 0.4) is 0 Å². The van der Waals surface area contributed by atoms with E-state index in [2.05, 4.69) is 35.6 Å². The topological polar surface area (TPSA) is 67.9 Å². The summed E-state index contributed by atoms with van der Waals surface area (Å²) in [6.07, 6.45) is 9.08. The van der Waals surface area contributed by atoms with Crippen LogP contribution in [0.4, 0.5) is 5.69 Å². The van der Waals surface area contributed by atoms with Crippen LogP contribution in [0, 0.1) is 17.8 Å². The van der Waals surface area contributed by atoms with Crippen LogP contribution in [-0.2, 0) is 22.1 Å². The number of ether oxygens (including phenoxy) is 2. The summed E-state index contributed by atoms with van der Waals surface area (Å²) in [4.78, 5) is 15.9. The van der Waals surface area contributed by atoms with Gasteiger partial charge in [0.2, 0.25) is 0 Å². The molecular weight excluding hydrogens is 556 g/mol. The van der Waals surface area contributed by atoms with E-state index in [1.54, 1.807) is 13.2 Å². The van der Waals surface area contributed by atoms with E-state index < -0.39 is 11.0 Å². The first-order chi connectivity index (χ1) is 19.9. The van der Waals surface area contributed by atoms with E-state index in [0.717, 1.165) is 61.2 Å². The van der Waals surface area contributed by atoms with Crippen molar-refractivity contribution in [3.8, 4) is 5.75 Å². The Hall–Kier alpha value is -2.09. The zero-order valence-electron chi connectivity index (χ0n) is 24.7. The maximum atomic E-state index is 13.4. The number of hydrogen-bond acceptors (Lipinski definition) is 5. The zero-order chi connectivity index (χ0) is 28.9. The van der Waals surface area contributed by atoms with E-state index in [0.29, 0.717) is 24.7 Å². The fourth-order valence-electron chi connectivity index (χ4n) is 6.88. The molecule has 1 N–H and O–H groups in total. The molecule has 0 spiro atoms. The van der Waals surface area contributed by atoms with Crippen molar-refractivity contribution in [1.82, 2.24) is 4.72 Å². The lowest BCUT2D eigenvalue weighted by Gasteiger charge is -2.41. The number of fused-ring (bicyclic) bond motifs is 2. The SMILES string of the molecule is CCCc1cc(Cl)ccc1C1COc2ccc3cc2N(C1)CC1CCC1CCCCC(C)[C@H](COC)S(=O)NC3=O. The Morgan fingerprint density at radius 2 is 1.88 bits per heavy atom. The molecule has 3 aliphatic rings. The van der Waals surface area contributed by atoms with Crippen LogP contribution in [0.1, 0.15) is 86.2 Å². The maximum absolute atomic E-state index is 13.4. The smallest absolute Gasteiger partial charge is 0.263 e. The molecule has 0 aromatic heterocycles. The summed E-state index contributed by atoms with van der Waals surface area (Å²) < 4.78 is 28.0. The quantitative estimate of drug-likeness (QED) is 0.403. The predicted molar refractivity (Wildman–Crippen MR) is 167 cm³/mol. The van der Waals surface area contributed by atoms with Crippen LogP contribution in [-0.4, -0.2) is 48.8 Å². The van der Waals surface area contributed by atoms with Gasteiger partial charge < -0.3 is 14.4 Å². The molecule has 1 fully saturated rings. The fourth-order valence-corrected chi connectivity index (χ4v) is 8.35. The number of carbonyl (C=O) groups excluding carboxylic acids is 1. The Labute approximate surface area is 253 Å². The van der Waals surface area contributed by atoms with E-state index in [9.17, 15) is 9.00 Å². The van der Waals surface area contributed by atoms with Gasteiger partial charge >= 0.3 is 0 Å². The molecule has 2 aliphatic heterocycles. The second kappa shape index (κ2) is 13.9. The highest BCUT2D eigenvalue weighted by atomic mass is 35.5. The lowest BCUT2D eigenvalue weighted by molar-refractivity contribution is 0.0981. The summed E-state index contributed by atoms with van der Waals surface area (Å²) in [5.74, 6) is 2.23. The molecule has 2 aromatic rings. The van der Waals surface area contributed by atoms with Crippen molar-refractivity contribution in [1.29, 1.82) is 0 Å². The Balaban J connectivity index is 1.48. The summed E-state index contributed by atoms with van der Waals surface area (Å²) >= 11 is 6.40. The van der Waals surface area contributed by atoms with Crippen LogP contribution in [0.2, 0.25) is 5.02 Å². The van der Waals surface area contributed by atoms with Crippen molar-refractivity contribution < 1.29 is 18.5 Å². The molecular formula is C33H45ClN2O4S. The molecule has 5 unspecified atom stereocenters. The van der Waals surface area contributed by atoms with Gasteiger partial charge in [-0.2, -0.15) is 0 Å². The minimum absolute atomic E-state index is 0.186. The van der Waals surface area contributed by atoms with Crippen LogP contribution in [0.15, 0.2) is 36.4 Å². The first-order valence-corrected chi connectivity index (χ1v) is 17.0. The number of nitrogens with zero attached hydrogens (tertiary/aromatic N) is 1. The van der Waals surface area contributed by atoms with Crippen molar-refractivity contribution in [3.63, 3.8) is 0 Å². The summed E-state index contributed by atoms with van der Waals surface area (Å²) in [6.45, 7) is 7.03. The second-order valence-corrected chi connectivity index (χ2v) is 14.1. The molecule has 41 heavy (non-hydrogen) atoms. The number of halogens is 1. The third kappa shape index (κ3) is 7.11. The summed E-state index contributed by atoms with van der Waals surface area (Å²) in [5, 5.41) is 0.527. The predicted octanol–water partition coefficient (Wildman–Crippen LogP) is 6.92. The average Bonchev–Trinajstić information content (AvgIpc) is 3.12. The fraction of sp³-hybridized carbons (Fsp3) is 0.606. The standard InChI is InChI=1S/C33H45ClN2O4S/c1-4-7-24-16-28(34)13-14-29(24)27-19-36-18-26-11-10-23(26)9-6-5-8-22(2)32(21-39-3)41(38)35-33(37)25-12-15-31(40-20-27)30(36)17-25/h12-17,22-23,26-27,32H,4-11,18-21H2,1-3H3,(H,35,37)/t22?,23?,26?,27?,32-,41?/m0/s1. The van der Waals surface area contributed by atoms with Gasteiger partial charge in [-0.25, -0.2) is 4.21 Å². The molecule has 1 aliphatic carbocycles. The molecule has 1 saturated carbocycles. The largest absolute Gasteiger partial charge is 0.491 e. The molecule has 0 saturated heterocycles. The van der Waals surface area contributed by atoms with E-state index in [4.69, 9.17) is 21.1 Å². The van der Waals surface area contributed by atoms with Gasteiger partial charge in [-0.15, -0.1) is 0 Å². The number of rotatable bonds is 5. The minimum atomic E-state index is -1.54. The van der Waals surface area contributed by atoms with Gasteiger partial charge in [-0.3, -0.25) is 9.52 Å². The van der Waals surface area contributed by atoms with E-state index in [-0.39, 0.29) is 23.0 Å². The number of carbonyl (C=O) groups is 1. The monoisotopic (exact) mass is 600 g/mol. The molecule has 6 atom stereocenters. The van der Waals surface area contributed by atoms with Gasteiger partial charge in [-0.05, 0) is 84.9 Å². The lowest BCUT2D eigenvalue weighted by Crippen LogP contribution is -2.41. The molecule has 5 rings (SSSR count). The number of methoxy groups -OCH3 is 1. The third-order valence-corrected chi connectivity index (χ3v) is 11.2. The van der Waals surface area contributed by atoms with Crippen LogP contribution in [0.25, 0.3) is 0 Å². The number of anilines is 1. The maximum Gasteiger partial charge on any atom is 0.263 e. The molecule has 6 nitrogen and oxygen atoms in total. The van der Waals surface area contributed by atoms with Gasteiger partial charge in [0.25, 0.3) is 5.91 Å². The Kier molecular flexibility index (Phi) is 10.3. The van der Waals surface area contributed by atoms with Crippen molar-refractivity contribution in [3.05, 3.63) is 58.1 Å². The highest BCUT2D eigenvalue weighted by molar-refractivity contribution is 7.84. The molecule has 0 radical (unpaired) electrons. The average molecular weight is 601 g/mol. The molecule has 1 amide bonds. The molecule has 2 heterocycles. The number of benzene rings is 2. The van der Waals surface area contributed by atoms with Gasteiger partial charge in [0.15, 0.2) is 0 Å². The Bertz CT molecular complexity index is 1240. The van der Waals surface area contributed by atoms with Crippen LogP contribution < -0.4 is 14.4 Å². The molecule has 224 valence electrons.